The number of benzene rings is 2. The van der Waals surface area contributed by atoms with Crippen LogP contribution in [0.1, 0.15) is 27.0 Å². The monoisotopic (exact) mass is 255 g/mol. The van der Waals surface area contributed by atoms with E-state index < -0.39 is 0 Å². The van der Waals surface area contributed by atoms with Crippen molar-refractivity contribution < 1.29 is 9.53 Å². The minimum absolute atomic E-state index is 0.0645. The third kappa shape index (κ3) is 2.60. The van der Waals surface area contributed by atoms with Crippen molar-refractivity contribution >= 4 is 11.5 Å². The molecule has 0 aromatic heterocycles. The van der Waals surface area contributed by atoms with Gasteiger partial charge in [0.2, 0.25) is 0 Å². The molecule has 0 saturated heterocycles. The Labute approximate surface area is 113 Å². The molecular weight excluding hydrogens is 238 g/mol. The number of nitrogen functional groups attached to an aromatic ring is 1. The van der Waals surface area contributed by atoms with E-state index in [0.717, 1.165) is 11.1 Å². The molecule has 2 aromatic rings. The van der Waals surface area contributed by atoms with Gasteiger partial charge in [-0.15, -0.1) is 0 Å². The molecule has 0 aliphatic heterocycles. The molecule has 0 amide bonds. The standard InChI is InChI=1S/C16H17NO2/c1-10-4-7-15(19-3)14(8-10)16(18)13-9-12(17)6-5-11(13)2/h4-9H,17H2,1-3H3. The van der Waals surface area contributed by atoms with E-state index in [4.69, 9.17) is 10.5 Å². The zero-order chi connectivity index (χ0) is 14.0. The Balaban J connectivity index is 2.55. The Hall–Kier alpha value is -2.29. The molecule has 2 N–H and O–H groups in total. The van der Waals surface area contributed by atoms with Crippen LogP contribution in [-0.2, 0) is 0 Å². The Morgan fingerprint density at radius 1 is 1.05 bits per heavy atom. The van der Waals surface area contributed by atoms with Crippen LogP contribution in [0.3, 0.4) is 0 Å². The molecule has 0 atom stereocenters. The normalized spacial score (nSPS) is 10.3. The lowest BCUT2D eigenvalue weighted by molar-refractivity contribution is 0.103. The molecule has 0 radical (unpaired) electrons. The maximum atomic E-state index is 12.6. The predicted octanol–water partition coefficient (Wildman–Crippen LogP) is 3.13. The van der Waals surface area contributed by atoms with E-state index in [1.165, 1.54) is 0 Å². The van der Waals surface area contributed by atoms with E-state index in [-0.39, 0.29) is 5.78 Å². The van der Waals surface area contributed by atoms with Gasteiger partial charge in [0.05, 0.1) is 12.7 Å². The SMILES string of the molecule is COc1ccc(C)cc1C(=O)c1cc(N)ccc1C. The topological polar surface area (TPSA) is 52.3 Å². The lowest BCUT2D eigenvalue weighted by Gasteiger charge is -2.11. The van der Waals surface area contributed by atoms with Gasteiger partial charge in [0, 0.05) is 11.3 Å². The second kappa shape index (κ2) is 5.14. The molecule has 0 aliphatic carbocycles. The van der Waals surface area contributed by atoms with Crippen molar-refractivity contribution in [2.24, 2.45) is 0 Å². The fourth-order valence-corrected chi connectivity index (χ4v) is 2.03. The van der Waals surface area contributed by atoms with Gasteiger partial charge < -0.3 is 10.5 Å². The number of ether oxygens (including phenoxy) is 1. The summed E-state index contributed by atoms with van der Waals surface area (Å²) in [5.41, 5.74) is 9.45. The van der Waals surface area contributed by atoms with Crippen LogP contribution >= 0.6 is 0 Å². The van der Waals surface area contributed by atoms with Crippen LogP contribution in [0.4, 0.5) is 5.69 Å². The number of ketones is 1. The molecular formula is C16H17NO2. The first-order chi connectivity index (χ1) is 9.02. The summed E-state index contributed by atoms with van der Waals surface area (Å²) >= 11 is 0. The highest BCUT2D eigenvalue weighted by Crippen LogP contribution is 2.25. The number of hydrogen-bond acceptors (Lipinski definition) is 3. The van der Waals surface area contributed by atoms with Crippen molar-refractivity contribution in [1.29, 1.82) is 0 Å². The van der Waals surface area contributed by atoms with Crippen molar-refractivity contribution in [3.63, 3.8) is 0 Å². The molecule has 0 aliphatic rings. The van der Waals surface area contributed by atoms with Gasteiger partial charge in [-0.1, -0.05) is 17.7 Å². The Morgan fingerprint density at radius 2 is 1.79 bits per heavy atom. The molecule has 0 spiro atoms. The fraction of sp³-hybridized carbons (Fsp3) is 0.188. The summed E-state index contributed by atoms with van der Waals surface area (Å²) in [7, 11) is 1.56. The van der Waals surface area contributed by atoms with Gasteiger partial charge in [-0.3, -0.25) is 4.79 Å². The average molecular weight is 255 g/mol. The number of nitrogens with two attached hydrogens (primary N) is 1. The Morgan fingerprint density at radius 3 is 2.47 bits per heavy atom. The van der Waals surface area contributed by atoms with Gasteiger partial charge >= 0.3 is 0 Å². The van der Waals surface area contributed by atoms with Crippen molar-refractivity contribution in [1.82, 2.24) is 0 Å². The highest BCUT2D eigenvalue weighted by atomic mass is 16.5. The van der Waals surface area contributed by atoms with E-state index in [9.17, 15) is 4.79 Å². The van der Waals surface area contributed by atoms with E-state index in [0.29, 0.717) is 22.6 Å². The summed E-state index contributed by atoms with van der Waals surface area (Å²) in [6.45, 7) is 3.84. The van der Waals surface area contributed by atoms with Gasteiger partial charge in [-0.05, 0) is 43.7 Å². The average Bonchev–Trinajstić information content (AvgIpc) is 2.40. The molecule has 2 aromatic carbocycles. The van der Waals surface area contributed by atoms with Gasteiger partial charge in [0.15, 0.2) is 5.78 Å². The van der Waals surface area contributed by atoms with Gasteiger partial charge in [0.25, 0.3) is 0 Å². The molecule has 2 rings (SSSR count). The molecule has 0 fully saturated rings. The highest BCUT2D eigenvalue weighted by molar-refractivity contribution is 6.12. The summed E-state index contributed by atoms with van der Waals surface area (Å²) in [6, 6.07) is 10.9. The van der Waals surface area contributed by atoms with Gasteiger partial charge in [-0.2, -0.15) is 0 Å². The second-order valence-corrected chi connectivity index (χ2v) is 4.61. The smallest absolute Gasteiger partial charge is 0.197 e. The van der Waals surface area contributed by atoms with Crippen molar-refractivity contribution in [2.75, 3.05) is 12.8 Å². The Kier molecular flexibility index (Phi) is 3.56. The van der Waals surface area contributed by atoms with E-state index in [1.54, 1.807) is 19.2 Å². The number of hydrogen-bond donors (Lipinski definition) is 1. The lowest BCUT2D eigenvalue weighted by Crippen LogP contribution is -2.07. The molecule has 0 heterocycles. The Bertz CT molecular complexity index is 633. The summed E-state index contributed by atoms with van der Waals surface area (Å²) in [5, 5.41) is 0. The van der Waals surface area contributed by atoms with E-state index >= 15 is 0 Å². The predicted molar refractivity (Wildman–Crippen MR) is 76.8 cm³/mol. The summed E-state index contributed by atoms with van der Waals surface area (Å²) in [6.07, 6.45) is 0. The van der Waals surface area contributed by atoms with Crippen molar-refractivity contribution in [3.05, 3.63) is 58.7 Å². The number of carbonyl (C=O) groups is 1. The van der Waals surface area contributed by atoms with Gasteiger partial charge in [-0.25, -0.2) is 0 Å². The number of aryl methyl sites for hydroxylation is 2. The number of methoxy groups -OCH3 is 1. The van der Waals surface area contributed by atoms with Crippen molar-refractivity contribution in [2.45, 2.75) is 13.8 Å². The molecule has 0 bridgehead atoms. The first-order valence-corrected chi connectivity index (χ1v) is 6.08. The first kappa shape index (κ1) is 13.1. The number of anilines is 1. The number of carbonyl (C=O) groups excluding carboxylic acids is 1. The van der Waals surface area contributed by atoms with Crippen LogP contribution in [0.25, 0.3) is 0 Å². The molecule has 19 heavy (non-hydrogen) atoms. The quantitative estimate of drug-likeness (QED) is 0.677. The molecule has 3 nitrogen and oxygen atoms in total. The third-order valence-electron chi connectivity index (χ3n) is 3.11. The van der Waals surface area contributed by atoms with Crippen LogP contribution in [0.15, 0.2) is 36.4 Å². The first-order valence-electron chi connectivity index (χ1n) is 6.08. The third-order valence-corrected chi connectivity index (χ3v) is 3.11. The lowest BCUT2D eigenvalue weighted by atomic mass is 9.97. The van der Waals surface area contributed by atoms with Crippen LogP contribution in [0, 0.1) is 13.8 Å². The minimum Gasteiger partial charge on any atom is -0.496 e. The number of rotatable bonds is 3. The van der Waals surface area contributed by atoms with Crippen LogP contribution in [-0.4, -0.2) is 12.9 Å². The summed E-state index contributed by atoms with van der Waals surface area (Å²) < 4.78 is 5.26. The maximum absolute atomic E-state index is 12.6. The molecule has 0 saturated carbocycles. The van der Waals surface area contributed by atoms with Gasteiger partial charge in [0.1, 0.15) is 5.75 Å². The van der Waals surface area contributed by atoms with Crippen LogP contribution in [0.2, 0.25) is 0 Å². The zero-order valence-electron chi connectivity index (χ0n) is 11.4. The zero-order valence-corrected chi connectivity index (χ0v) is 11.4. The fourth-order valence-electron chi connectivity index (χ4n) is 2.03. The van der Waals surface area contributed by atoms with Crippen molar-refractivity contribution in [3.8, 4) is 5.75 Å². The molecule has 98 valence electrons. The maximum Gasteiger partial charge on any atom is 0.197 e. The summed E-state index contributed by atoms with van der Waals surface area (Å²) in [4.78, 5) is 12.6. The largest absolute Gasteiger partial charge is 0.496 e. The molecule has 3 heteroatoms. The van der Waals surface area contributed by atoms with E-state index in [1.807, 2.05) is 38.1 Å². The van der Waals surface area contributed by atoms with Crippen LogP contribution < -0.4 is 10.5 Å². The van der Waals surface area contributed by atoms with E-state index in [2.05, 4.69) is 0 Å². The second-order valence-electron chi connectivity index (χ2n) is 4.61. The van der Waals surface area contributed by atoms with Crippen LogP contribution in [0.5, 0.6) is 5.75 Å². The summed E-state index contributed by atoms with van der Waals surface area (Å²) in [5.74, 6) is 0.516. The minimum atomic E-state index is -0.0645. The highest BCUT2D eigenvalue weighted by Gasteiger charge is 2.16. The molecule has 0 unspecified atom stereocenters.